The molecule has 8 nitrogen and oxygen atoms in total. The van der Waals surface area contributed by atoms with Crippen molar-refractivity contribution in [2.45, 2.75) is 196 Å². The highest BCUT2D eigenvalue weighted by molar-refractivity contribution is 6.14. The summed E-state index contributed by atoms with van der Waals surface area (Å²) in [4.78, 5) is 44.2. The van der Waals surface area contributed by atoms with Crippen LogP contribution in [-0.2, 0) is 19.8 Å². The Morgan fingerprint density at radius 1 is 0.839 bits per heavy atom. The van der Waals surface area contributed by atoms with Crippen molar-refractivity contribution in [1.82, 2.24) is 5.32 Å². The third-order valence-corrected chi connectivity index (χ3v) is 13.7. The molecule has 0 bridgehead atoms. The number of hydrogen-bond donors (Lipinski definition) is 3. The summed E-state index contributed by atoms with van der Waals surface area (Å²) in [6, 6.07) is 4.97. The zero-order valence-electron chi connectivity index (χ0n) is 36.8. The number of carbonyl (C=O) groups is 3. The van der Waals surface area contributed by atoms with Crippen LogP contribution >= 0.6 is 0 Å². The van der Waals surface area contributed by atoms with Crippen LogP contribution in [0.5, 0.6) is 0 Å². The zero-order chi connectivity index (χ0) is 41.3. The molecule has 0 aromatic heterocycles. The molecule has 2 heterocycles. The number of aliphatic hydroxyl groups excluding tert-OH is 1. The molecule has 0 saturated carbocycles. The number of rotatable bonds is 18. The molecule has 1 aromatic carbocycles. The summed E-state index contributed by atoms with van der Waals surface area (Å²) in [6.45, 7) is 26.5. The molecule has 2 aliphatic carbocycles. The zero-order valence-corrected chi connectivity index (χ0v) is 36.8. The van der Waals surface area contributed by atoms with E-state index in [1.165, 1.54) is 0 Å². The molecule has 2 amide bonds. The Balaban J connectivity index is 1.56. The average Bonchev–Trinajstić information content (AvgIpc) is 3.44. The molecule has 0 spiro atoms. The third-order valence-electron chi connectivity index (χ3n) is 13.7. The molecule has 308 valence electrons. The Morgan fingerprint density at radius 2 is 1.41 bits per heavy atom. The van der Waals surface area contributed by atoms with Gasteiger partial charge in [-0.1, -0.05) is 85.1 Å². The minimum absolute atomic E-state index is 0.0177. The number of nitrogens with one attached hydrogen (secondary N) is 2. The predicted molar refractivity (Wildman–Crippen MR) is 231 cm³/mol. The number of benzene rings is 1. The fourth-order valence-corrected chi connectivity index (χ4v) is 9.76. The largest absolute Gasteiger partial charge is 0.511 e. The molecule has 8 heteroatoms. The Labute approximate surface area is 338 Å². The SMILES string of the molecule is CCCCCCCC(=O)NC1=CC2=[N+](C(C)C)C(C)C(C)(C)C2=CC1C1=C(O)C(c2cc3c(cc2NC(=O)CCCCCCC)N(C(C)C)C(C)C3(C)C)C1=O. The van der Waals surface area contributed by atoms with Crippen molar-refractivity contribution in [3.05, 3.63) is 58.0 Å². The Hall–Kier alpha value is -3.68. The van der Waals surface area contributed by atoms with Gasteiger partial charge in [-0.05, 0) is 91.5 Å². The normalized spacial score (nSPS) is 23.7. The molecule has 4 atom stereocenters. The summed E-state index contributed by atoms with van der Waals surface area (Å²) in [5.41, 5.74) is 6.12. The molecule has 56 heavy (non-hydrogen) atoms. The van der Waals surface area contributed by atoms with Crippen LogP contribution in [0, 0.1) is 11.3 Å². The smallest absolute Gasteiger partial charge is 0.224 e. The van der Waals surface area contributed by atoms with E-state index in [4.69, 9.17) is 0 Å². The summed E-state index contributed by atoms with van der Waals surface area (Å²) >= 11 is 0. The van der Waals surface area contributed by atoms with Crippen molar-refractivity contribution in [1.29, 1.82) is 0 Å². The summed E-state index contributed by atoms with van der Waals surface area (Å²) < 4.78 is 2.41. The van der Waals surface area contributed by atoms with E-state index in [0.717, 1.165) is 86.7 Å². The molecule has 1 aromatic rings. The second-order valence-corrected chi connectivity index (χ2v) is 18.8. The maximum atomic E-state index is 14.7. The van der Waals surface area contributed by atoms with Crippen LogP contribution < -0.4 is 15.5 Å². The third kappa shape index (κ3) is 8.18. The molecule has 3 N–H and O–H groups in total. The number of anilines is 2. The second kappa shape index (κ2) is 17.4. The Bertz CT molecular complexity index is 1810. The van der Waals surface area contributed by atoms with Crippen molar-refractivity contribution in [2.75, 3.05) is 10.2 Å². The number of carbonyl (C=O) groups excluding carboxylic acids is 3. The highest BCUT2D eigenvalue weighted by Gasteiger charge is 2.54. The number of fused-ring (bicyclic) bond motifs is 2. The molecular weight excluding hydrogens is 697 g/mol. The highest BCUT2D eigenvalue weighted by Crippen LogP contribution is 2.53. The molecule has 5 rings (SSSR count). The van der Waals surface area contributed by atoms with Crippen LogP contribution in [0.3, 0.4) is 0 Å². The number of ketones is 1. The summed E-state index contributed by atoms with van der Waals surface area (Å²) in [6.07, 6.45) is 15.5. The Morgan fingerprint density at radius 3 is 1.95 bits per heavy atom. The van der Waals surface area contributed by atoms with E-state index in [2.05, 4.69) is 121 Å². The highest BCUT2D eigenvalue weighted by atomic mass is 16.3. The van der Waals surface area contributed by atoms with Gasteiger partial charge in [-0.3, -0.25) is 14.4 Å². The number of Topliss-reactive ketones (excluding diaryl/α,β-unsaturated/α-hetero) is 1. The van der Waals surface area contributed by atoms with Crippen LogP contribution in [0.4, 0.5) is 11.4 Å². The van der Waals surface area contributed by atoms with Gasteiger partial charge in [0.2, 0.25) is 17.5 Å². The van der Waals surface area contributed by atoms with Gasteiger partial charge in [0, 0.05) is 64.6 Å². The minimum atomic E-state index is -0.906. The van der Waals surface area contributed by atoms with Crippen molar-refractivity contribution < 1.29 is 24.1 Å². The van der Waals surface area contributed by atoms with Crippen molar-refractivity contribution in [3.8, 4) is 0 Å². The van der Waals surface area contributed by atoms with E-state index in [-0.39, 0.29) is 58.4 Å². The topological polar surface area (TPSA) is 102 Å². The number of amides is 2. The quantitative estimate of drug-likeness (QED) is 0.102. The number of unbranched alkanes of at least 4 members (excludes halogenated alkanes) is 8. The maximum absolute atomic E-state index is 14.7. The van der Waals surface area contributed by atoms with Crippen molar-refractivity contribution in [2.24, 2.45) is 11.3 Å². The number of aliphatic hydroxyl groups is 1. The number of hydrogen-bond acceptors (Lipinski definition) is 5. The molecule has 2 aliphatic heterocycles. The van der Waals surface area contributed by atoms with Gasteiger partial charge in [0.1, 0.15) is 17.7 Å². The van der Waals surface area contributed by atoms with Gasteiger partial charge in [-0.15, -0.1) is 0 Å². The Kier molecular flexibility index (Phi) is 13.5. The predicted octanol–water partition coefficient (Wildman–Crippen LogP) is 10.6. The summed E-state index contributed by atoms with van der Waals surface area (Å²) in [5.74, 6) is -1.79. The van der Waals surface area contributed by atoms with Gasteiger partial charge in [0.15, 0.2) is 11.8 Å². The van der Waals surface area contributed by atoms with Crippen molar-refractivity contribution >= 4 is 34.7 Å². The molecular formula is C48H73N4O4+. The molecule has 0 saturated heterocycles. The lowest BCUT2D eigenvalue weighted by Gasteiger charge is -2.36. The van der Waals surface area contributed by atoms with Crippen LogP contribution in [0.2, 0.25) is 0 Å². The lowest BCUT2D eigenvalue weighted by molar-refractivity contribution is -0.593. The van der Waals surface area contributed by atoms with Crippen LogP contribution in [-0.4, -0.2) is 57.2 Å². The first-order valence-electron chi connectivity index (χ1n) is 22.0. The molecule has 0 fully saturated rings. The van der Waals surface area contributed by atoms with E-state index >= 15 is 0 Å². The second-order valence-electron chi connectivity index (χ2n) is 18.8. The monoisotopic (exact) mass is 770 g/mol. The standard InChI is InChI=1S/C48H72N4O4/c1-13-15-17-19-21-23-41(53)49-37-27-39-35(47(9,10)31(7)51(39)29(3)4)25-33(37)43-45(55)44(46(43)56)34-26-36-40(52(30(5)6)32(8)48(36,11)12)28-38(34)50-42(54)24-22-20-18-16-14-2/h25-33,44H,13-24H2,1-12H3,(H2,50,54,55,56)/p+1. The lowest BCUT2D eigenvalue weighted by atomic mass is 9.67. The van der Waals surface area contributed by atoms with Gasteiger partial charge in [0.05, 0.1) is 11.3 Å². The maximum Gasteiger partial charge on any atom is 0.224 e. The average molecular weight is 770 g/mol. The van der Waals surface area contributed by atoms with Crippen molar-refractivity contribution in [3.63, 3.8) is 0 Å². The van der Waals surface area contributed by atoms with E-state index < -0.39 is 11.8 Å². The minimum Gasteiger partial charge on any atom is -0.511 e. The fourth-order valence-electron chi connectivity index (χ4n) is 9.76. The first-order valence-corrected chi connectivity index (χ1v) is 22.0. The molecule has 4 aliphatic rings. The lowest BCUT2D eigenvalue weighted by Crippen LogP contribution is -2.42. The van der Waals surface area contributed by atoms with Gasteiger partial charge >= 0.3 is 0 Å². The molecule has 0 radical (unpaired) electrons. The van der Waals surface area contributed by atoms with Gasteiger partial charge < -0.3 is 20.6 Å². The van der Waals surface area contributed by atoms with Crippen LogP contribution in [0.25, 0.3) is 0 Å². The van der Waals surface area contributed by atoms with E-state index in [1.54, 1.807) is 0 Å². The molecule has 4 unspecified atom stereocenters. The van der Waals surface area contributed by atoms with E-state index in [1.807, 2.05) is 6.07 Å². The number of nitrogens with zero attached hydrogens (tertiary/aromatic N) is 2. The first-order chi connectivity index (χ1) is 26.4. The summed E-state index contributed by atoms with van der Waals surface area (Å²) in [5, 5.41) is 18.6. The van der Waals surface area contributed by atoms with Gasteiger partial charge in [0.25, 0.3) is 0 Å². The first kappa shape index (κ1) is 43.4. The fraction of sp³-hybridized carbons (Fsp3) is 0.667. The van der Waals surface area contributed by atoms with Crippen LogP contribution in [0.1, 0.15) is 177 Å². The van der Waals surface area contributed by atoms with Gasteiger partial charge in [-0.2, -0.15) is 0 Å². The van der Waals surface area contributed by atoms with Gasteiger partial charge in [-0.25, -0.2) is 4.58 Å². The van der Waals surface area contributed by atoms with E-state index in [9.17, 15) is 19.5 Å². The van der Waals surface area contributed by atoms with Crippen LogP contribution in [0.15, 0.2) is 46.9 Å². The van der Waals surface area contributed by atoms with E-state index in [0.29, 0.717) is 35.4 Å². The summed E-state index contributed by atoms with van der Waals surface area (Å²) in [7, 11) is 0. The number of allylic oxidation sites excluding steroid dienone is 3.